The van der Waals surface area contributed by atoms with Gasteiger partial charge in [-0.3, -0.25) is 9.59 Å². The van der Waals surface area contributed by atoms with Crippen molar-refractivity contribution in [1.29, 1.82) is 0 Å². The number of rotatable bonds is 6. The van der Waals surface area contributed by atoms with Crippen molar-refractivity contribution in [2.45, 2.75) is 13.0 Å². The van der Waals surface area contributed by atoms with Crippen LogP contribution in [0.15, 0.2) is 65.4 Å². The minimum absolute atomic E-state index is 0.284. The lowest BCUT2D eigenvalue weighted by molar-refractivity contribution is -0.117. The summed E-state index contributed by atoms with van der Waals surface area (Å²) in [7, 11) is 0. The van der Waals surface area contributed by atoms with Gasteiger partial charge in [0.2, 0.25) is 5.91 Å². The molecule has 162 valence electrons. The van der Waals surface area contributed by atoms with Crippen LogP contribution in [0.3, 0.4) is 0 Å². The summed E-state index contributed by atoms with van der Waals surface area (Å²) in [6, 6.07) is 15.5. The lowest BCUT2D eigenvalue weighted by Crippen LogP contribution is -2.32. The van der Waals surface area contributed by atoms with Crippen molar-refractivity contribution in [3.63, 3.8) is 0 Å². The topological polar surface area (TPSA) is 138 Å². The molecule has 4 aromatic rings. The van der Waals surface area contributed by atoms with Crippen molar-refractivity contribution < 1.29 is 9.59 Å². The third-order valence-electron chi connectivity index (χ3n) is 4.58. The number of nitrogens with one attached hydrogen (secondary N) is 4. The molecule has 0 aliphatic heterocycles. The molecule has 0 saturated heterocycles. The van der Waals surface area contributed by atoms with Crippen LogP contribution >= 0.6 is 15.9 Å². The highest BCUT2D eigenvalue weighted by Crippen LogP contribution is 2.26. The second-order valence-electron chi connectivity index (χ2n) is 7.11. The monoisotopic (exact) mass is 493 g/mol. The van der Waals surface area contributed by atoms with Crippen LogP contribution in [0.25, 0.3) is 11.0 Å². The van der Waals surface area contributed by atoms with Gasteiger partial charge in [-0.25, -0.2) is 9.97 Å². The number of carbonyl (C=O) groups is 2. The normalized spacial score (nSPS) is 11.7. The Labute approximate surface area is 192 Å². The number of aromatic amines is 1. The van der Waals surface area contributed by atoms with E-state index in [0.717, 1.165) is 10.2 Å². The molecule has 2 heterocycles. The van der Waals surface area contributed by atoms with Crippen molar-refractivity contribution in [2.24, 2.45) is 5.73 Å². The van der Waals surface area contributed by atoms with Gasteiger partial charge in [0.05, 0.1) is 11.4 Å². The lowest BCUT2D eigenvalue weighted by Gasteiger charge is -2.09. The average Bonchev–Trinajstić information content (AvgIpc) is 3.21. The molecule has 1 unspecified atom stereocenters. The largest absolute Gasteiger partial charge is 0.340 e. The second-order valence-corrected chi connectivity index (χ2v) is 8.03. The Morgan fingerprint density at radius 3 is 2.41 bits per heavy atom. The number of nitrogens with two attached hydrogens (primary N) is 1. The molecular formula is C22H20BrN7O2. The van der Waals surface area contributed by atoms with Gasteiger partial charge in [0.25, 0.3) is 5.91 Å². The van der Waals surface area contributed by atoms with Crippen molar-refractivity contribution >= 4 is 61.7 Å². The highest BCUT2D eigenvalue weighted by molar-refractivity contribution is 9.10. The first-order valence-electron chi connectivity index (χ1n) is 9.73. The van der Waals surface area contributed by atoms with Gasteiger partial charge in [-0.1, -0.05) is 22.0 Å². The molecule has 32 heavy (non-hydrogen) atoms. The molecule has 0 radical (unpaired) electrons. The predicted octanol–water partition coefficient (Wildman–Crippen LogP) is 4.00. The van der Waals surface area contributed by atoms with Crippen LogP contribution in [0.4, 0.5) is 22.9 Å². The first kappa shape index (κ1) is 21.5. The van der Waals surface area contributed by atoms with E-state index < -0.39 is 6.04 Å². The summed E-state index contributed by atoms with van der Waals surface area (Å²) in [5.74, 6) is -0.0327. The van der Waals surface area contributed by atoms with Crippen molar-refractivity contribution in [2.75, 3.05) is 16.0 Å². The molecule has 0 bridgehead atoms. The molecule has 10 heteroatoms. The molecule has 0 fully saturated rings. The zero-order valence-electron chi connectivity index (χ0n) is 17.0. The summed E-state index contributed by atoms with van der Waals surface area (Å²) in [6.07, 6.45) is 1.43. The Kier molecular flexibility index (Phi) is 6.15. The van der Waals surface area contributed by atoms with Gasteiger partial charge in [-0.2, -0.15) is 0 Å². The number of fused-ring (bicyclic) bond motifs is 1. The number of aromatic nitrogens is 3. The summed E-state index contributed by atoms with van der Waals surface area (Å²) in [6.45, 7) is 1.61. The van der Waals surface area contributed by atoms with E-state index in [-0.39, 0.29) is 11.8 Å². The van der Waals surface area contributed by atoms with E-state index in [1.54, 1.807) is 37.3 Å². The van der Waals surface area contributed by atoms with Gasteiger partial charge in [-0.15, -0.1) is 0 Å². The average molecular weight is 494 g/mol. The number of benzene rings is 2. The number of carbonyl (C=O) groups excluding carboxylic acids is 2. The summed E-state index contributed by atoms with van der Waals surface area (Å²) in [5, 5.41) is 9.44. The number of hydrogen-bond acceptors (Lipinski definition) is 6. The maximum Gasteiger partial charge on any atom is 0.272 e. The van der Waals surface area contributed by atoms with Gasteiger partial charge in [0.1, 0.15) is 23.5 Å². The molecule has 0 spiro atoms. The second kappa shape index (κ2) is 9.16. The van der Waals surface area contributed by atoms with Crippen LogP contribution in [-0.4, -0.2) is 32.8 Å². The molecule has 9 nitrogen and oxygen atoms in total. The summed E-state index contributed by atoms with van der Waals surface area (Å²) in [4.78, 5) is 36.0. The van der Waals surface area contributed by atoms with Gasteiger partial charge < -0.3 is 26.7 Å². The quantitative estimate of drug-likeness (QED) is 0.275. The van der Waals surface area contributed by atoms with Crippen molar-refractivity contribution in [3.8, 4) is 0 Å². The fraction of sp³-hybridized carbons (Fsp3) is 0.0909. The van der Waals surface area contributed by atoms with E-state index >= 15 is 0 Å². The molecular weight excluding hydrogens is 474 g/mol. The van der Waals surface area contributed by atoms with E-state index in [2.05, 4.69) is 46.8 Å². The van der Waals surface area contributed by atoms with Crippen LogP contribution in [0.5, 0.6) is 0 Å². The zero-order valence-corrected chi connectivity index (χ0v) is 18.6. The summed E-state index contributed by atoms with van der Waals surface area (Å²) >= 11 is 3.44. The number of nitrogens with zero attached hydrogens (tertiary/aromatic N) is 2. The Morgan fingerprint density at radius 1 is 1.00 bits per heavy atom. The fourth-order valence-electron chi connectivity index (χ4n) is 2.96. The minimum atomic E-state index is -0.609. The van der Waals surface area contributed by atoms with Gasteiger partial charge >= 0.3 is 0 Å². The molecule has 0 aliphatic carbocycles. The van der Waals surface area contributed by atoms with E-state index in [1.807, 2.05) is 24.3 Å². The molecule has 1 atom stereocenters. The van der Waals surface area contributed by atoms with Gasteiger partial charge in [0, 0.05) is 21.5 Å². The maximum atomic E-state index is 12.7. The number of hydrogen-bond donors (Lipinski definition) is 5. The van der Waals surface area contributed by atoms with Crippen LogP contribution < -0.4 is 21.7 Å². The molecule has 4 rings (SSSR count). The van der Waals surface area contributed by atoms with Crippen molar-refractivity contribution in [3.05, 3.63) is 71.1 Å². The smallest absolute Gasteiger partial charge is 0.272 e. The first-order chi connectivity index (χ1) is 15.4. The maximum absolute atomic E-state index is 12.7. The third-order valence-corrected chi connectivity index (χ3v) is 5.07. The molecule has 2 aromatic carbocycles. The Bertz CT molecular complexity index is 1290. The van der Waals surface area contributed by atoms with Crippen LogP contribution in [0, 0.1) is 0 Å². The van der Waals surface area contributed by atoms with Gasteiger partial charge in [0.15, 0.2) is 0 Å². The number of amides is 2. The van der Waals surface area contributed by atoms with E-state index in [9.17, 15) is 9.59 Å². The minimum Gasteiger partial charge on any atom is -0.340 e. The van der Waals surface area contributed by atoms with Gasteiger partial charge in [-0.05, 0) is 55.5 Å². The van der Waals surface area contributed by atoms with E-state index in [0.29, 0.717) is 33.9 Å². The Balaban J connectivity index is 1.50. The standard InChI is InChI=1S/C22H20BrN7O2/c1-12(24)21(31)28-14-5-7-15(8-6-14)29-22(32)18-10-17-19(25-11-26-20(17)30-18)27-16-4-2-3-13(23)9-16/h2-12H,24H2,1H3,(H,28,31)(H,29,32)(H2,25,26,27,30). The number of anilines is 4. The molecule has 0 aliphatic rings. The van der Waals surface area contributed by atoms with E-state index in [1.165, 1.54) is 6.33 Å². The highest BCUT2D eigenvalue weighted by Gasteiger charge is 2.14. The van der Waals surface area contributed by atoms with Crippen LogP contribution in [-0.2, 0) is 4.79 Å². The highest BCUT2D eigenvalue weighted by atomic mass is 79.9. The Hall–Kier alpha value is -3.76. The summed E-state index contributed by atoms with van der Waals surface area (Å²) in [5.41, 5.74) is 8.44. The predicted molar refractivity (Wildman–Crippen MR) is 128 cm³/mol. The molecule has 0 saturated carbocycles. The number of H-pyrrole nitrogens is 1. The molecule has 2 aromatic heterocycles. The SMILES string of the molecule is CC(N)C(=O)Nc1ccc(NC(=O)c2cc3c(Nc4cccc(Br)c4)ncnc3[nH]2)cc1. The third kappa shape index (κ3) is 4.93. The van der Waals surface area contributed by atoms with Crippen LogP contribution in [0.1, 0.15) is 17.4 Å². The number of halogens is 1. The molecule has 2 amide bonds. The van der Waals surface area contributed by atoms with Crippen LogP contribution in [0.2, 0.25) is 0 Å². The first-order valence-corrected chi connectivity index (χ1v) is 10.5. The van der Waals surface area contributed by atoms with Crippen molar-refractivity contribution in [1.82, 2.24) is 15.0 Å². The Morgan fingerprint density at radius 2 is 1.72 bits per heavy atom. The lowest BCUT2D eigenvalue weighted by atomic mass is 10.2. The molecule has 6 N–H and O–H groups in total. The zero-order chi connectivity index (χ0) is 22.7. The summed E-state index contributed by atoms with van der Waals surface area (Å²) < 4.78 is 0.935. The fourth-order valence-corrected chi connectivity index (χ4v) is 3.36. The van der Waals surface area contributed by atoms with E-state index in [4.69, 9.17) is 5.73 Å².